The second-order valence-corrected chi connectivity index (χ2v) is 4.95. The molecule has 2 amide bonds. The molecule has 2 rings (SSSR count). The fraction of sp³-hybridized carbons (Fsp3) is 0.312. The van der Waals surface area contributed by atoms with Crippen molar-refractivity contribution in [1.29, 1.82) is 0 Å². The van der Waals surface area contributed by atoms with Crippen LogP contribution in [0.25, 0.3) is 0 Å². The van der Waals surface area contributed by atoms with Crippen LogP contribution >= 0.6 is 0 Å². The van der Waals surface area contributed by atoms with Crippen molar-refractivity contribution in [3.05, 3.63) is 46.8 Å². The molecule has 0 spiro atoms. The number of carbonyl (C=O) groups excluding carboxylic acids is 2. The Morgan fingerprint density at radius 3 is 2.61 bits per heavy atom. The van der Waals surface area contributed by atoms with Crippen LogP contribution in [-0.2, 0) is 11.2 Å². The van der Waals surface area contributed by atoms with Gasteiger partial charge < -0.3 is 9.26 Å². The molecular formula is C16H19N3O4. The van der Waals surface area contributed by atoms with Gasteiger partial charge in [-0.3, -0.25) is 20.4 Å². The molecule has 0 aliphatic rings. The molecule has 1 heterocycles. The van der Waals surface area contributed by atoms with Gasteiger partial charge in [-0.05, 0) is 31.9 Å². The van der Waals surface area contributed by atoms with Crippen molar-refractivity contribution < 1.29 is 18.8 Å². The van der Waals surface area contributed by atoms with Gasteiger partial charge in [0.25, 0.3) is 11.8 Å². The first kappa shape index (κ1) is 16.5. The summed E-state index contributed by atoms with van der Waals surface area (Å²) < 4.78 is 10.4. The quantitative estimate of drug-likeness (QED) is 0.819. The molecular weight excluding hydrogens is 298 g/mol. The van der Waals surface area contributed by atoms with Crippen LogP contribution in [0.5, 0.6) is 5.75 Å². The molecule has 0 saturated heterocycles. The lowest BCUT2D eigenvalue weighted by molar-refractivity contribution is -0.123. The largest absolute Gasteiger partial charge is 0.483 e. The molecule has 2 aromatic rings. The third kappa shape index (κ3) is 4.09. The normalized spacial score (nSPS) is 10.2. The molecule has 7 nitrogen and oxygen atoms in total. The Hall–Kier alpha value is -2.83. The lowest BCUT2D eigenvalue weighted by Crippen LogP contribution is -2.44. The van der Waals surface area contributed by atoms with Gasteiger partial charge in [0.1, 0.15) is 17.1 Å². The van der Waals surface area contributed by atoms with Gasteiger partial charge in [-0.2, -0.15) is 0 Å². The summed E-state index contributed by atoms with van der Waals surface area (Å²) in [6.45, 7) is 5.09. The minimum absolute atomic E-state index is 0.196. The molecule has 0 unspecified atom stereocenters. The molecule has 0 saturated carbocycles. The maximum Gasteiger partial charge on any atom is 0.276 e. The van der Waals surface area contributed by atoms with E-state index in [1.807, 2.05) is 25.1 Å². The Bertz CT molecular complexity index is 690. The van der Waals surface area contributed by atoms with E-state index in [1.165, 1.54) is 0 Å². The number of benzene rings is 1. The summed E-state index contributed by atoms with van der Waals surface area (Å²) in [6.07, 6.45) is 0.806. The minimum atomic E-state index is -0.483. The SMILES string of the molecule is CCc1ccccc1OCC(=O)NNC(=O)c1c(C)noc1C. The smallest absolute Gasteiger partial charge is 0.276 e. The molecule has 1 aromatic heterocycles. The molecule has 0 aliphatic carbocycles. The first-order chi connectivity index (χ1) is 11.0. The first-order valence-corrected chi connectivity index (χ1v) is 7.25. The van der Waals surface area contributed by atoms with Gasteiger partial charge >= 0.3 is 0 Å². The van der Waals surface area contributed by atoms with Crippen LogP contribution in [0, 0.1) is 13.8 Å². The highest BCUT2D eigenvalue weighted by Crippen LogP contribution is 2.17. The van der Waals surface area contributed by atoms with Crippen molar-refractivity contribution in [3.63, 3.8) is 0 Å². The third-order valence-electron chi connectivity index (χ3n) is 3.29. The van der Waals surface area contributed by atoms with E-state index in [2.05, 4.69) is 16.0 Å². The van der Waals surface area contributed by atoms with E-state index in [0.29, 0.717) is 22.8 Å². The van der Waals surface area contributed by atoms with Gasteiger partial charge in [0.15, 0.2) is 6.61 Å². The van der Waals surface area contributed by atoms with Gasteiger partial charge in [-0.25, -0.2) is 0 Å². The van der Waals surface area contributed by atoms with E-state index < -0.39 is 11.8 Å². The van der Waals surface area contributed by atoms with Gasteiger partial charge in [0.05, 0.1) is 5.69 Å². The van der Waals surface area contributed by atoms with Crippen LogP contribution < -0.4 is 15.6 Å². The third-order valence-corrected chi connectivity index (χ3v) is 3.29. The molecule has 0 radical (unpaired) electrons. The second kappa shape index (κ2) is 7.44. The molecule has 1 aromatic carbocycles. The monoisotopic (exact) mass is 317 g/mol. The number of aromatic nitrogens is 1. The highest BCUT2D eigenvalue weighted by atomic mass is 16.5. The summed E-state index contributed by atoms with van der Waals surface area (Å²) in [6, 6.07) is 7.49. The lowest BCUT2D eigenvalue weighted by atomic mass is 10.1. The summed E-state index contributed by atoms with van der Waals surface area (Å²) in [7, 11) is 0. The number of nitrogens with zero attached hydrogens (tertiary/aromatic N) is 1. The molecule has 23 heavy (non-hydrogen) atoms. The van der Waals surface area contributed by atoms with E-state index in [1.54, 1.807) is 19.9 Å². The number of hydrogen-bond donors (Lipinski definition) is 2. The Labute approximate surface area is 134 Å². The average Bonchev–Trinajstić information content (AvgIpc) is 2.89. The van der Waals surface area contributed by atoms with Crippen LogP contribution in [0.2, 0.25) is 0 Å². The van der Waals surface area contributed by atoms with Crippen molar-refractivity contribution in [2.24, 2.45) is 0 Å². The molecule has 2 N–H and O–H groups in total. The summed E-state index contributed by atoms with van der Waals surface area (Å²) in [4.78, 5) is 23.7. The van der Waals surface area contributed by atoms with E-state index in [0.717, 1.165) is 12.0 Å². The highest BCUT2D eigenvalue weighted by Gasteiger charge is 2.17. The maximum atomic E-state index is 12.0. The Balaban J connectivity index is 1.85. The Kier molecular flexibility index (Phi) is 5.35. The zero-order valence-electron chi connectivity index (χ0n) is 13.3. The van der Waals surface area contributed by atoms with E-state index in [-0.39, 0.29) is 6.61 Å². The van der Waals surface area contributed by atoms with Gasteiger partial charge in [-0.15, -0.1) is 0 Å². The van der Waals surface area contributed by atoms with Gasteiger partial charge in [0, 0.05) is 0 Å². The minimum Gasteiger partial charge on any atom is -0.483 e. The highest BCUT2D eigenvalue weighted by molar-refractivity contribution is 5.97. The predicted molar refractivity (Wildman–Crippen MR) is 82.9 cm³/mol. The molecule has 0 fully saturated rings. The lowest BCUT2D eigenvalue weighted by Gasteiger charge is -2.11. The number of aryl methyl sites for hydroxylation is 3. The fourth-order valence-corrected chi connectivity index (χ4v) is 2.11. The number of para-hydroxylation sites is 1. The van der Waals surface area contributed by atoms with E-state index in [9.17, 15) is 9.59 Å². The van der Waals surface area contributed by atoms with Crippen molar-refractivity contribution in [1.82, 2.24) is 16.0 Å². The van der Waals surface area contributed by atoms with E-state index in [4.69, 9.17) is 9.26 Å². The van der Waals surface area contributed by atoms with Crippen molar-refractivity contribution in [2.45, 2.75) is 27.2 Å². The molecule has 0 aliphatic heterocycles. The number of amides is 2. The van der Waals surface area contributed by atoms with Crippen LogP contribution in [0.15, 0.2) is 28.8 Å². The Morgan fingerprint density at radius 1 is 1.22 bits per heavy atom. The van der Waals surface area contributed by atoms with Crippen molar-refractivity contribution >= 4 is 11.8 Å². The number of ether oxygens (including phenoxy) is 1. The number of rotatable bonds is 5. The number of nitrogens with one attached hydrogen (secondary N) is 2. The molecule has 0 bridgehead atoms. The van der Waals surface area contributed by atoms with Crippen LogP contribution in [0.1, 0.15) is 34.3 Å². The molecule has 0 atom stereocenters. The second-order valence-electron chi connectivity index (χ2n) is 4.95. The summed E-state index contributed by atoms with van der Waals surface area (Å²) in [5.74, 6) is 0.101. The number of hydrogen-bond acceptors (Lipinski definition) is 5. The fourth-order valence-electron chi connectivity index (χ4n) is 2.11. The summed E-state index contributed by atoms with van der Waals surface area (Å²) in [5.41, 5.74) is 6.40. The standard InChI is InChI=1S/C16H19N3O4/c1-4-12-7-5-6-8-13(12)22-9-14(20)17-18-16(21)15-10(2)19-23-11(15)3/h5-8H,4,9H2,1-3H3,(H,17,20)(H,18,21). The maximum absolute atomic E-state index is 12.0. The predicted octanol–water partition coefficient (Wildman–Crippen LogP) is 1.69. The zero-order valence-corrected chi connectivity index (χ0v) is 13.3. The van der Waals surface area contributed by atoms with Crippen LogP contribution in [-0.4, -0.2) is 23.6 Å². The summed E-state index contributed by atoms with van der Waals surface area (Å²) >= 11 is 0. The van der Waals surface area contributed by atoms with Crippen LogP contribution in [0.4, 0.5) is 0 Å². The number of carbonyl (C=O) groups is 2. The molecule has 122 valence electrons. The first-order valence-electron chi connectivity index (χ1n) is 7.25. The van der Waals surface area contributed by atoms with Gasteiger partial charge in [0.2, 0.25) is 0 Å². The average molecular weight is 317 g/mol. The molecule has 7 heteroatoms. The van der Waals surface area contributed by atoms with E-state index >= 15 is 0 Å². The Morgan fingerprint density at radius 2 is 1.96 bits per heavy atom. The summed E-state index contributed by atoms with van der Waals surface area (Å²) in [5, 5.41) is 3.69. The van der Waals surface area contributed by atoms with Crippen molar-refractivity contribution in [3.8, 4) is 5.75 Å². The zero-order chi connectivity index (χ0) is 16.8. The van der Waals surface area contributed by atoms with Gasteiger partial charge in [-0.1, -0.05) is 30.3 Å². The van der Waals surface area contributed by atoms with Crippen molar-refractivity contribution in [2.75, 3.05) is 6.61 Å². The number of hydrazine groups is 1. The topological polar surface area (TPSA) is 93.5 Å². The van der Waals surface area contributed by atoms with Crippen LogP contribution in [0.3, 0.4) is 0 Å².